The molecule has 0 unspecified atom stereocenters. The molecule has 282 valence electrons. The Morgan fingerprint density at radius 1 is 0.327 bits per heavy atom. The minimum atomic E-state index is 0. The van der Waals surface area contributed by atoms with Crippen LogP contribution in [-0.4, -0.2) is 63.8 Å². The van der Waals surface area contributed by atoms with Crippen molar-refractivity contribution in [3.63, 3.8) is 0 Å². The van der Waals surface area contributed by atoms with Crippen LogP contribution >= 0.6 is 37.9 Å². The van der Waals surface area contributed by atoms with Crippen molar-refractivity contribution >= 4 is 88.9 Å². The molecule has 6 fully saturated rings. The fourth-order valence-corrected chi connectivity index (χ4v) is 8.64. The molecule has 0 heterocycles. The van der Waals surface area contributed by atoms with Crippen LogP contribution in [0, 0.1) is 0 Å². The standard InChI is InChI=1S/3C11H21N3S2.Ir/c3*15-11(16)14(12-9-5-1-2-6-9)13-10-7-3-4-8-10;/h3*9-10,12-13H,1-8H2,(H,15,16);/q;;;+3/p+6. The average Bonchev–Trinajstić information content (AvgIpc) is 3.90. The molecule has 49 heavy (non-hydrogen) atoms. The Morgan fingerprint density at radius 2 is 0.449 bits per heavy atom. The number of hydrazone groups is 6. The van der Waals surface area contributed by atoms with Gasteiger partial charge in [-0.25, -0.2) is 0 Å². The van der Waals surface area contributed by atoms with Gasteiger partial charge in [-0.2, -0.15) is 32.6 Å². The van der Waals surface area contributed by atoms with E-state index in [0.717, 1.165) is 13.1 Å². The van der Waals surface area contributed by atoms with E-state index in [-0.39, 0.29) is 20.1 Å². The molecule has 6 N–H and O–H groups in total. The Balaban J connectivity index is 0.000000197. The van der Waals surface area contributed by atoms with Crippen LogP contribution in [0.25, 0.3) is 0 Å². The zero-order valence-electron chi connectivity index (χ0n) is 29.5. The molecule has 0 aromatic heterocycles. The van der Waals surface area contributed by atoms with Gasteiger partial charge in [-0.15, -0.1) is 0 Å². The van der Waals surface area contributed by atoms with E-state index in [2.05, 4.69) is 108 Å². The van der Waals surface area contributed by atoms with E-state index >= 15 is 0 Å². The molecule has 6 aliphatic rings. The molecule has 0 amide bonds. The molecule has 0 radical (unpaired) electrons. The van der Waals surface area contributed by atoms with E-state index in [9.17, 15) is 0 Å². The van der Waals surface area contributed by atoms with Gasteiger partial charge in [-0.3, -0.25) is 0 Å². The first-order valence-corrected chi connectivity index (χ1v) is 21.9. The van der Waals surface area contributed by atoms with Gasteiger partial charge in [0.1, 0.15) is 0 Å². The normalized spacial score (nSPS) is 21.9. The number of hydrazine groups is 6. The van der Waals surface area contributed by atoms with Crippen LogP contribution in [0.4, 0.5) is 0 Å². The summed E-state index contributed by atoms with van der Waals surface area (Å²) in [6.07, 6.45) is 31.4. The molecule has 0 aromatic carbocycles. The monoisotopic (exact) mass is 976 g/mol. The summed E-state index contributed by atoms with van der Waals surface area (Å²) in [6.45, 7) is 0. The van der Waals surface area contributed by atoms with E-state index < -0.39 is 0 Å². The van der Waals surface area contributed by atoms with Gasteiger partial charge in [0.15, 0.2) is 0 Å². The van der Waals surface area contributed by atoms with Crippen LogP contribution in [0.3, 0.4) is 0 Å². The third-order valence-electron chi connectivity index (χ3n) is 10.6. The van der Waals surface area contributed by atoms with Gasteiger partial charge >= 0.3 is 33.2 Å². The van der Waals surface area contributed by atoms with Crippen LogP contribution < -0.4 is 32.6 Å². The maximum atomic E-state index is 4.37. The Hall–Kier alpha value is 0.559. The van der Waals surface area contributed by atoms with Crippen LogP contribution in [0.5, 0.6) is 0 Å². The fraction of sp³-hybridized carbons (Fsp3) is 0.909. The summed E-state index contributed by atoms with van der Waals surface area (Å²) in [4.78, 5) is 5.89. The van der Waals surface area contributed by atoms with Gasteiger partial charge in [0.2, 0.25) is 0 Å². The maximum absolute atomic E-state index is 4.37. The summed E-state index contributed by atoms with van der Waals surface area (Å²) < 4.78 is 2.46. The van der Waals surface area contributed by atoms with Crippen molar-refractivity contribution in [1.29, 1.82) is 0 Å². The zero-order chi connectivity index (χ0) is 34.1. The van der Waals surface area contributed by atoms with Gasteiger partial charge in [0.05, 0.1) is 88.5 Å². The van der Waals surface area contributed by atoms with Crippen LogP contribution in [0.15, 0.2) is 0 Å². The summed E-state index contributed by atoms with van der Waals surface area (Å²) in [5.74, 6) is 0. The second kappa shape index (κ2) is 24.8. The molecule has 0 saturated heterocycles. The van der Waals surface area contributed by atoms with Gasteiger partial charge in [0, 0.05) is 0 Å². The average molecular weight is 977 g/mol. The summed E-state index contributed by atoms with van der Waals surface area (Å²) in [5.41, 5.74) is 21.0. The predicted molar refractivity (Wildman–Crippen MR) is 226 cm³/mol. The quantitative estimate of drug-likeness (QED) is 0.0373. The van der Waals surface area contributed by atoms with Crippen molar-refractivity contribution in [2.75, 3.05) is 0 Å². The molecule has 0 aromatic rings. The first-order chi connectivity index (χ1) is 23.3. The summed E-state index contributed by atoms with van der Waals surface area (Å²) in [6, 6.07) is 3.62. The number of nitrogens with zero attached hydrogens (tertiary/aromatic N) is 3. The molecule has 6 aliphatic carbocycles. The molecule has 16 heteroatoms. The molecule has 0 bridgehead atoms. The Kier molecular flexibility index (Phi) is 22.2. The van der Waals surface area contributed by atoms with Crippen LogP contribution in [0.2, 0.25) is 0 Å². The third kappa shape index (κ3) is 17.1. The fourth-order valence-electron chi connectivity index (χ4n) is 7.90. The van der Waals surface area contributed by atoms with Crippen molar-refractivity contribution in [3.05, 3.63) is 0 Å². The first kappa shape index (κ1) is 44.0. The molecule has 0 atom stereocenters. The number of rotatable bonds is 12. The van der Waals surface area contributed by atoms with Gasteiger partial charge in [0.25, 0.3) is 0 Å². The van der Waals surface area contributed by atoms with Crippen molar-refractivity contribution in [3.8, 4) is 0 Å². The van der Waals surface area contributed by atoms with Crippen LogP contribution in [0.1, 0.15) is 154 Å². The predicted octanol–water partition coefficient (Wildman–Crippen LogP) is 3.57. The van der Waals surface area contributed by atoms with E-state index in [4.69, 9.17) is 0 Å². The molecule has 0 aliphatic heterocycles. The van der Waals surface area contributed by atoms with Crippen molar-refractivity contribution in [1.82, 2.24) is 32.6 Å². The molecule has 9 nitrogen and oxygen atoms in total. The van der Waals surface area contributed by atoms with E-state index in [0.29, 0.717) is 36.3 Å². The van der Waals surface area contributed by atoms with E-state index in [1.54, 1.807) is 0 Å². The summed E-state index contributed by atoms with van der Waals surface area (Å²) >= 11 is 23.6. The molecule has 6 rings (SSSR count). The molecular weight excluding hydrogens is 907 g/mol. The Labute approximate surface area is 343 Å². The maximum Gasteiger partial charge on any atom is 3.00 e. The summed E-state index contributed by atoms with van der Waals surface area (Å²) in [5, 5.41) is 0. The SMILES string of the molecule is SC([SH2+])=[N+](NC1CCCC1)NC1CCCC1.SC([SH2+])=[N+](NC1CCCC1)NC1CCCC1.SC([SH2+])=[N+](NC1CCCC1)NC1CCCC1.[Ir+3]. The topological polar surface area (TPSA) is 81.2 Å². The second-order valence-corrected chi connectivity index (χ2v) is 18.6. The largest absolute Gasteiger partial charge is 3.00 e. The number of hydrogen-bond acceptors (Lipinski definition) is 6. The smallest absolute Gasteiger partial charge is 0.162 e. The van der Waals surface area contributed by atoms with E-state index in [1.807, 2.05) is 14.4 Å². The molecular formula is C33H69IrN9S6+9. The first-order valence-electron chi connectivity index (χ1n) is 19.1. The number of nitrogens with one attached hydrogen (secondary N) is 6. The van der Waals surface area contributed by atoms with Gasteiger partial charge in [-0.1, -0.05) is 77.0 Å². The molecule has 6 saturated carbocycles. The summed E-state index contributed by atoms with van der Waals surface area (Å²) in [7, 11) is 0. The zero-order valence-corrected chi connectivity index (χ0v) is 37.5. The van der Waals surface area contributed by atoms with E-state index in [1.165, 1.54) is 154 Å². The van der Waals surface area contributed by atoms with Gasteiger partial charge in [-0.05, 0) is 115 Å². The van der Waals surface area contributed by atoms with Crippen molar-refractivity contribution < 1.29 is 34.5 Å². The number of hydrogen-bond donors (Lipinski definition) is 9. The molecule has 0 spiro atoms. The minimum Gasteiger partial charge on any atom is -0.162 e. The van der Waals surface area contributed by atoms with Crippen LogP contribution in [-0.2, 0) is 58.0 Å². The Bertz CT molecular complexity index is 831. The third-order valence-corrected chi connectivity index (χ3v) is 11.9. The second-order valence-electron chi connectivity index (χ2n) is 14.6. The number of thiol groups is 3. The minimum absolute atomic E-state index is 0. The van der Waals surface area contributed by atoms with Crippen molar-refractivity contribution in [2.45, 2.75) is 190 Å². The Morgan fingerprint density at radius 3 is 0.551 bits per heavy atom. The van der Waals surface area contributed by atoms with Crippen molar-refractivity contribution in [2.24, 2.45) is 0 Å². The van der Waals surface area contributed by atoms with Gasteiger partial charge < -0.3 is 0 Å².